The van der Waals surface area contributed by atoms with E-state index in [1.54, 1.807) is 0 Å². The van der Waals surface area contributed by atoms with E-state index in [0.717, 1.165) is 6.61 Å². The van der Waals surface area contributed by atoms with Crippen LogP contribution in [-0.4, -0.2) is 25.8 Å². The second-order valence-electron chi connectivity index (χ2n) is 5.37. The zero-order chi connectivity index (χ0) is 10.6. The second kappa shape index (κ2) is 5.31. The molecule has 0 spiro atoms. The molecule has 1 aliphatic carbocycles. The van der Waals surface area contributed by atoms with Crippen LogP contribution >= 0.6 is 0 Å². The zero-order valence-corrected chi connectivity index (χ0v) is 10.1. The standard InChI is InChI=1S/C13H25NO/c1-2-8-14-11-13(6-4-7-13)10-12-5-3-9-15-12/h12,14H,2-11H2,1H3. The normalized spacial score (nSPS) is 29.0. The van der Waals surface area contributed by atoms with E-state index in [1.807, 2.05) is 0 Å². The molecule has 2 aliphatic rings. The number of rotatable bonds is 6. The highest BCUT2D eigenvalue weighted by atomic mass is 16.5. The molecular weight excluding hydrogens is 186 g/mol. The minimum Gasteiger partial charge on any atom is -0.378 e. The highest BCUT2D eigenvalue weighted by Gasteiger charge is 2.39. The van der Waals surface area contributed by atoms with Crippen LogP contribution in [0, 0.1) is 5.41 Å². The third-order valence-corrected chi connectivity index (χ3v) is 4.03. The Morgan fingerprint density at radius 2 is 2.20 bits per heavy atom. The fourth-order valence-electron chi connectivity index (χ4n) is 2.95. The van der Waals surface area contributed by atoms with Crippen LogP contribution in [0.1, 0.15) is 51.9 Å². The molecule has 88 valence electrons. The van der Waals surface area contributed by atoms with Crippen LogP contribution in [0.4, 0.5) is 0 Å². The van der Waals surface area contributed by atoms with E-state index in [4.69, 9.17) is 4.74 Å². The average Bonchev–Trinajstić information content (AvgIpc) is 2.66. The first-order chi connectivity index (χ1) is 7.35. The van der Waals surface area contributed by atoms with Gasteiger partial charge in [0.05, 0.1) is 6.10 Å². The highest BCUT2D eigenvalue weighted by molar-refractivity contribution is 4.92. The Morgan fingerprint density at radius 3 is 2.73 bits per heavy atom. The van der Waals surface area contributed by atoms with Gasteiger partial charge in [-0.3, -0.25) is 0 Å². The molecule has 1 unspecified atom stereocenters. The molecule has 1 saturated heterocycles. The number of hydrogen-bond donors (Lipinski definition) is 1. The lowest BCUT2D eigenvalue weighted by atomic mass is 9.65. The Balaban J connectivity index is 1.74. The predicted octanol–water partition coefficient (Wildman–Crippen LogP) is 2.73. The molecule has 1 atom stereocenters. The summed E-state index contributed by atoms with van der Waals surface area (Å²) in [7, 11) is 0. The van der Waals surface area contributed by atoms with Crippen LogP contribution in [0.2, 0.25) is 0 Å². The van der Waals surface area contributed by atoms with Gasteiger partial charge < -0.3 is 10.1 Å². The molecule has 1 aliphatic heterocycles. The maximum atomic E-state index is 5.76. The third kappa shape index (κ3) is 2.94. The quantitative estimate of drug-likeness (QED) is 0.682. The summed E-state index contributed by atoms with van der Waals surface area (Å²) < 4.78 is 5.76. The van der Waals surface area contributed by atoms with Crippen molar-refractivity contribution >= 4 is 0 Å². The molecule has 1 N–H and O–H groups in total. The van der Waals surface area contributed by atoms with E-state index in [1.165, 1.54) is 58.0 Å². The Morgan fingerprint density at radius 1 is 1.33 bits per heavy atom. The van der Waals surface area contributed by atoms with E-state index in [2.05, 4.69) is 12.2 Å². The van der Waals surface area contributed by atoms with Crippen molar-refractivity contribution in [1.29, 1.82) is 0 Å². The molecule has 0 bridgehead atoms. The fourth-order valence-corrected chi connectivity index (χ4v) is 2.95. The fraction of sp³-hybridized carbons (Fsp3) is 1.00. The molecule has 2 rings (SSSR count). The minimum atomic E-state index is 0.578. The molecule has 15 heavy (non-hydrogen) atoms. The number of hydrogen-bond acceptors (Lipinski definition) is 2. The summed E-state index contributed by atoms with van der Waals surface area (Å²) in [5.74, 6) is 0. The van der Waals surface area contributed by atoms with Gasteiger partial charge in [-0.15, -0.1) is 0 Å². The maximum absolute atomic E-state index is 5.76. The van der Waals surface area contributed by atoms with Crippen LogP contribution in [0.15, 0.2) is 0 Å². The van der Waals surface area contributed by atoms with Crippen LogP contribution in [-0.2, 0) is 4.74 Å². The van der Waals surface area contributed by atoms with Gasteiger partial charge in [0.15, 0.2) is 0 Å². The summed E-state index contributed by atoms with van der Waals surface area (Å²) in [5, 5.41) is 3.60. The van der Waals surface area contributed by atoms with Gasteiger partial charge in [0.25, 0.3) is 0 Å². The monoisotopic (exact) mass is 211 g/mol. The summed E-state index contributed by atoms with van der Waals surface area (Å²) >= 11 is 0. The van der Waals surface area contributed by atoms with E-state index < -0.39 is 0 Å². The lowest BCUT2D eigenvalue weighted by molar-refractivity contribution is 0.0220. The van der Waals surface area contributed by atoms with Crippen LogP contribution in [0.5, 0.6) is 0 Å². The van der Waals surface area contributed by atoms with E-state index >= 15 is 0 Å². The highest BCUT2D eigenvalue weighted by Crippen LogP contribution is 2.45. The molecule has 0 aromatic heterocycles. The summed E-state index contributed by atoms with van der Waals surface area (Å²) in [5.41, 5.74) is 0.601. The average molecular weight is 211 g/mol. The molecule has 2 heteroatoms. The van der Waals surface area contributed by atoms with Gasteiger partial charge in [-0.1, -0.05) is 13.3 Å². The van der Waals surface area contributed by atoms with Gasteiger partial charge in [0, 0.05) is 13.2 Å². The first-order valence-electron chi connectivity index (χ1n) is 6.67. The molecule has 0 radical (unpaired) electrons. The summed E-state index contributed by atoms with van der Waals surface area (Å²) in [4.78, 5) is 0. The lowest BCUT2D eigenvalue weighted by Gasteiger charge is -2.43. The van der Waals surface area contributed by atoms with Crippen LogP contribution in [0.3, 0.4) is 0 Å². The van der Waals surface area contributed by atoms with Crippen molar-refractivity contribution < 1.29 is 4.74 Å². The number of nitrogens with one attached hydrogen (secondary N) is 1. The summed E-state index contributed by atoms with van der Waals surface area (Å²) in [6.07, 6.45) is 9.99. The van der Waals surface area contributed by atoms with Crippen LogP contribution in [0.25, 0.3) is 0 Å². The van der Waals surface area contributed by atoms with Gasteiger partial charge >= 0.3 is 0 Å². The van der Waals surface area contributed by atoms with Gasteiger partial charge in [-0.2, -0.15) is 0 Å². The van der Waals surface area contributed by atoms with Crippen molar-refractivity contribution in [2.45, 2.75) is 58.0 Å². The summed E-state index contributed by atoms with van der Waals surface area (Å²) in [6, 6.07) is 0. The van der Waals surface area contributed by atoms with Crippen molar-refractivity contribution in [2.75, 3.05) is 19.7 Å². The van der Waals surface area contributed by atoms with Gasteiger partial charge in [0.2, 0.25) is 0 Å². The summed E-state index contributed by atoms with van der Waals surface area (Å²) in [6.45, 7) is 5.64. The van der Waals surface area contributed by atoms with Crippen molar-refractivity contribution in [1.82, 2.24) is 5.32 Å². The molecule has 2 fully saturated rings. The molecule has 1 heterocycles. The Labute approximate surface area is 93.8 Å². The molecule has 0 aromatic rings. The van der Waals surface area contributed by atoms with Gasteiger partial charge in [-0.05, 0) is 50.5 Å². The maximum Gasteiger partial charge on any atom is 0.0581 e. The van der Waals surface area contributed by atoms with E-state index in [-0.39, 0.29) is 0 Å². The molecule has 0 aromatic carbocycles. The van der Waals surface area contributed by atoms with Crippen molar-refractivity contribution in [3.8, 4) is 0 Å². The minimum absolute atomic E-state index is 0.578. The van der Waals surface area contributed by atoms with Crippen molar-refractivity contribution in [3.05, 3.63) is 0 Å². The Hall–Kier alpha value is -0.0800. The predicted molar refractivity (Wildman–Crippen MR) is 63.0 cm³/mol. The smallest absolute Gasteiger partial charge is 0.0581 e. The molecule has 2 nitrogen and oxygen atoms in total. The molecule has 0 amide bonds. The zero-order valence-electron chi connectivity index (χ0n) is 10.1. The molecular formula is C13H25NO. The topological polar surface area (TPSA) is 21.3 Å². The molecule has 1 saturated carbocycles. The van der Waals surface area contributed by atoms with Gasteiger partial charge in [0.1, 0.15) is 0 Å². The largest absolute Gasteiger partial charge is 0.378 e. The van der Waals surface area contributed by atoms with E-state index in [0.29, 0.717) is 11.5 Å². The Bertz CT molecular complexity index is 183. The van der Waals surface area contributed by atoms with E-state index in [9.17, 15) is 0 Å². The first-order valence-corrected chi connectivity index (χ1v) is 6.67. The van der Waals surface area contributed by atoms with Crippen LogP contribution < -0.4 is 5.32 Å². The SMILES string of the molecule is CCCNCC1(CC2CCCO2)CCC1. The lowest BCUT2D eigenvalue weighted by Crippen LogP contribution is -2.42. The van der Waals surface area contributed by atoms with Crippen molar-refractivity contribution in [3.63, 3.8) is 0 Å². The third-order valence-electron chi connectivity index (χ3n) is 4.03. The first kappa shape index (κ1) is 11.4. The van der Waals surface area contributed by atoms with Crippen molar-refractivity contribution in [2.24, 2.45) is 5.41 Å². The van der Waals surface area contributed by atoms with Gasteiger partial charge in [-0.25, -0.2) is 0 Å². The second-order valence-corrected chi connectivity index (χ2v) is 5.37. The number of ether oxygens (including phenoxy) is 1. The Kier molecular flexibility index (Phi) is 4.04.